The molecule has 0 spiro atoms. The van der Waals surface area contributed by atoms with Crippen molar-refractivity contribution in [3.05, 3.63) is 12.2 Å². The van der Waals surface area contributed by atoms with Crippen LogP contribution in [0.2, 0.25) is 0 Å². The Hall–Kier alpha value is -0.830. The van der Waals surface area contributed by atoms with Crippen molar-refractivity contribution in [1.29, 1.82) is 0 Å². The van der Waals surface area contributed by atoms with E-state index >= 15 is 0 Å². The normalized spacial score (nSPS) is 11.7. The van der Waals surface area contributed by atoms with E-state index in [0.717, 1.165) is 13.0 Å². The van der Waals surface area contributed by atoms with E-state index < -0.39 is 0 Å². The molecule has 0 N–H and O–H groups in total. The minimum absolute atomic E-state index is 0.225. The van der Waals surface area contributed by atoms with Gasteiger partial charge in [-0.3, -0.25) is 0 Å². The quantitative estimate of drug-likeness (QED) is 0.0288. The minimum Gasteiger partial charge on any atom is -0.462 e. The van der Waals surface area contributed by atoms with Gasteiger partial charge < -0.3 is 9.22 Å². The van der Waals surface area contributed by atoms with Crippen LogP contribution < -0.4 is 0 Å². The van der Waals surface area contributed by atoms with Gasteiger partial charge in [-0.1, -0.05) is 181 Å². The summed E-state index contributed by atoms with van der Waals surface area (Å²) < 4.78 is 6.82. The third kappa shape index (κ3) is 30.5. The molecule has 0 atom stereocenters. The largest absolute Gasteiger partial charge is 0.462 e. The molecule has 0 amide bonds. The highest BCUT2D eigenvalue weighted by Crippen LogP contribution is 2.20. The number of unbranched alkanes of at least 4 members (excludes halogenated alkanes) is 27. The van der Waals surface area contributed by atoms with Crippen molar-refractivity contribution in [3.63, 3.8) is 0 Å². The van der Waals surface area contributed by atoms with Crippen molar-refractivity contribution < 1.29 is 14.0 Å². The van der Waals surface area contributed by atoms with Crippen molar-refractivity contribution in [3.8, 4) is 0 Å². The molecule has 0 aliphatic carbocycles. The van der Waals surface area contributed by atoms with Gasteiger partial charge in [-0.15, -0.1) is 0 Å². The Kier molecular flexibility index (Phi) is 34.8. The maximum atomic E-state index is 12.1. The lowest BCUT2D eigenvalue weighted by atomic mass is 10.0. The second-order valence-corrected chi connectivity index (χ2v) is 15.1. The molecule has 0 aliphatic rings. The van der Waals surface area contributed by atoms with Gasteiger partial charge in [0.15, 0.2) is 0 Å². The molecule has 0 saturated heterocycles. The maximum absolute atomic E-state index is 12.1. The average Bonchev–Trinajstić information content (AvgIpc) is 3.05. The molecule has 0 saturated carbocycles. The van der Waals surface area contributed by atoms with Crippen LogP contribution >= 0.6 is 0 Å². The molecule has 0 aromatic carbocycles. The molecule has 0 aromatic heterocycles. The van der Waals surface area contributed by atoms with Crippen LogP contribution in [0.1, 0.15) is 227 Å². The van der Waals surface area contributed by atoms with Crippen LogP contribution in [0.5, 0.6) is 0 Å². The summed E-state index contributed by atoms with van der Waals surface area (Å²) in [4.78, 5) is 12.1. The molecule has 3 heteroatoms. The van der Waals surface area contributed by atoms with Gasteiger partial charge in [0.2, 0.25) is 0 Å². The summed E-state index contributed by atoms with van der Waals surface area (Å²) in [5.41, 5.74) is 0.516. The van der Waals surface area contributed by atoms with Gasteiger partial charge in [-0.2, -0.15) is 0 Å². The number of hydrogen-bond acceptors (Lipinski definition) is 2. The number of quaternary nitrogens is 1. The number of carbonyl (C=O) groups excluding carboxylic acids is 1. The van der Waals surface area contributed by atoms with Crippen LogP contribution in [0.3, 0.4) is 0 Å². The van der Waals surface area contributed by atoms with Gasteiger partial charge in [0.1, 0.15) is 0 Å². The summed E-state index contributed by atoms with van der Waals surface area (Å²) in [7, 11) is 0. The molecule has 3 nitrogen and oxygen atoms in total. The van der Waals surface area contributed by atoms with Crippen LogP contribution in [-0.4, -0.2) is 43.2 Å². The van der Waals surface area contributed by atoms with Crippen LogP contribution in [0.4, 0.5) is 0 Å². The Morgan fingerprint density at radius 3 is 0.913 bits per heavy atom. The van der Waals surface area contributed by atoms with Gasteiger partial charge in [-0.05, 0) is 45.4 Å². The van der Waals surface area contributed by atoms with Crippen molar-refractivity contribution in [2.45, 2.75) is 227 Å². The van der Waals surface area contributed by atoms with E-state index in [0.29, 0.717) is 12.2 Å². The lowest BCUT2D eigenvalue weighted by Gasteiger charge is -2.39. The molecule has 0 fully saturated rings. The molecule has 0 heterocycles. The topological polar surface area (TPSA) is 26.3 Å². The molecule has 0 aromatic rings. The van der Waals surface area contributed by atoms with Crippen molar-refractivity contribution in [1.82, 2.24) is 0 Å². The Bertz CT molecular complexity index is 585. The summed E-state index contributed by atoms with van der Waals surface area (Å²) in [5, 5.41) is 0. The van der Waals surface area contributed by atoms with Crippen LogP contribution in [0.15, 0.2) is 12.2 Å². The Balaban J connectivity index is 4.90. The van der Waals surface area contributed by atoms with Gasteiger partial charge in [0.05, 0.1) is 32.8 Å². The first-order chi connectivity index (χ1) is 22.5. The number of rotatable bonds is 38. The zero-order valence-electron chi connectivity index (χ0n) is 32.4. The predicted octanol–water partition coefficient (Wildman–Crippen LogP) is 14.1. The standard InChI is InChI=1S/C43H86NO2/c1-6-9-12-15-18-21-24-27-30-33-37-44(40-36-41-46-43(45)42(4)5,38-34-31-28-25-22-19-16-13-10-7-2)39-35-32-29-26-23-20-17-14-11-8-3/h4,6-41H2,1-3,5H3/q+1. The van der Waals surface area contributed by atoms with Gasteiger partial charge in [-0.25, -0.2) is 4.79 Å². The van der Waals surface area contributed by atoms with E-state index in [1.807, 2.05) is 0 Å². The van der Waals surface area contributed by atoms with E-state index in [1.165, 1.54) is 217 Å². The molecule has 274 valence electrons. The lowest BCUT2D eigenvalue weighted by Crippen LogP contribution is -2.51. The molecular weight excluding hydrogens is 562 g/mol. The molecule has 0 radical (unpaired) electrons. The summed E-state index contributed by atoms with van der Waals surface area (Å²) in [6, 6.07) is 0. The summed E-state index contributed by atoms with van der Waals surface area (Å²) in [5.74, 6) is -0.225. The highest BCUT2D eigenvalue weighted by Gasteiger charge is 2.26. The molecule has 46 heavy (non-hydrogen) atoms. The maximum Gasteiger partial charge on any atom is 0.333 e. The molecule has 0 bridgehead atoms. The van der Waals surface area contributed by atoms with Crippen molar-refractivity contribution in [2.75, 3.05) is 32.8 Å². The summed E-state index contributed by atoms with van der Waals surface area (Å²) in [6.45, 7) is 18.1. The Morgan fingerprint density at radius 1 is 0.413 bits per heavy atom. The third-order valence-electron chi connectivity index (χ3n) is 10.3. The van der Waals surface area contributed by atoms with Crippen LogP contribution in [0, 0.1) is 0 Å². The van der Waals surface area contributed by atoms with E-state index in [2.05, 4.69) is 27.4 Å². The second-order valence-electron chi connectivity index (χ2n) is 15.1. The fourth-order valence-electron chi connectivity index (χ4n) is 7.16. The second kappa shape index (κ2) is 35.5. The SMILES string of the molecule is C=C(C)C(=O)OCCC[N+](CCCCCCCCCCCC)(CCCCCCCCCCCC)CCCCCCCCCCCC. The Morgan fingerprint density at radius 2 is 0.652 bits per heavy atom. The molecule has 0 rings (SSSR count). The van der Waals surface area contributed by atoms with E-state index in [9.17, 15) is 4.79 Å². The number of hydrogen-bond donors (Lipinski definition) is 0. The van der Waals surface area contributed by atoms with E-state index in [1.54, 1.807) is 6.92 Å². The lowest BCUT2D eigenvalue weighted by molar-refractivity contribution is -0.929. The zero-order chi connectivity index (χ0) is 33.8. The smallest absolute Gasteiger partial charge is 0.333 e. The van der Waals surface area contributed by atoms with Gasteiger partial charge in [0, 0.05) is 12.0 Å². The van der Waals surface area contributed by atoms with Gasteiger partial charge >= 0.3 is 5.97 Å². The monoisotopic (exact) mass is 649 g/mol. The Labute approximate surface area is 291 Å². The summed E-state index contributed by atoms with van der Waals surface area (Å²) >= 11 is 0. The third-order valence-corrected chi connectivity index (χ3v) is 10.3. The summed E-state index contributed by atoms with van der Waals surface area (Å²) in [6.07, 6.45) is 43.1. The number of nitrogens with zero attached hydrogens (tertiary/aromatic N) is 1. The molecule has 0 unspecified atom stereocenters. The first-order valence-corrected chi connectivity index (χ1v) is 21.2. The van der Waals surface area contributed by atoms with Crippen LogP contribution in [-0.2, 0) is 9.53 Å². The number of carbonyl (C=O) groups is 1. The minimum atomic E-state index is -0.225. The van der Waals surface area contributed by atoms with Gasteiger partial charge in [0.25, 0.3) is 0 Å². The van der Waals surface area contributed by atoms with Crippen molar-refractivity contribution >= 4 is 5.97 Å². The van der Waals surface area contributed by atoms with Crippen LogP contribution in [0.25, 0.3) is 0 Å². The number of esters is 1. The average molecular weight is 649 g/mol. The van der Waals surface area contributed by atoms with E-state index in [4.69, 9.17) is 4.74 Å². The fourth-order valence-corrected chi connectivity index (χ4v) is 7.16. The highest BCUT2D eigenvalue weighted by atomic mass is 16.5. The number of ether oxygens (including phenoxy) is 1. The fraction of sp³-hybridized carbons (Fsp3) is 0.930. The highest BCUT2D eigenvalue weighted by molar-refractivity contribution is 5.86. The first-order valence-electron chi connectivity index (χ1n) is 21.2. The predicted molar refractivity (Wildman–Crippen MR) is 206 cm³/mol. The zero-order valence-corrected chi connectivity index (χ0v) is 32.4. The molecule has 0 aliphatic heterocycles. The van der Waals surface area contributed by atoms with E-state index in [-0.39, 0.29) is 5.97 Å². The molecular formula is C43H86NO2+. The van der Waals surface area contributed by atoms with Crippen molar-refractivity contribution in [2.24, 2.45) is 0 Å². The first kappa shape index (κ1) is 45.2.